The van der Waals surface area contributed by atoms with Gasteiger partial charge in [0.05, 0.1) is 5.69 Å². The Morgan fingerprint density at radius 1 is 0.766 bits per heavy atom. The molecule has 0 aliphatic carbocycles. The van der Waals surface area contributed by atoms with Crippen molar-refractivity contribution in [2.75, 3.05) is 10.6 Å². The van der Waals surface area contributed by atoms with Crippen LogP contribution in [0.25, 0.3) is 6.08 Å². The van der Waals surface area contributed by atoms with E-state index in [-0.39, 0.29) is 11.4 Å². The lowest BCUT2D eigenvalue weighted by Crippen LogP contribution is -2.30. The monoisotopic (exact) mass is 747 g/mol. The van der Waals surface area contributed by atoms with Gasteiger partial charge >= 0.3 is 0 Å². The molecule has 6 nitrogen and oxygen atoms in total. The quantitative estimate of drug-likeness (QED) is 0.0981. The van der Waals surface area contributed by atoms with Crippen molar-refractivity contribution >= 4 is 86.1 Å². The molecule has 0 aromatic heterocycles. The lowest BCUT2D eigenvalue weighted by atomic mass is 10.1. The molecule has 0 spiro atoms. The minimum atomic E-state index is -0.756. The maximum Gasteiger partial charge on any atom is 0.272 e. The zero-order valence-corrected chi connectivity index (χ0v) is 28.3. The van der Waals surface area contributed by atoms with E-state index in [2.05, 4.69) is 31.9 Å². The van der Waals surface area contributed by atoms with E-state index in [1.54, 1.807) is 78.9 Å². The Labute approximate surface area is 293 Å². The van der Waals surface area contributed by atoms with Gasteiger partial charge in [-0.2, -0.15) is 0 Å². The number of nitrogens with one attached hydrogen (secondary N) is 3. The van der Waals surface area contributed by atoms with Crippen LogP contribution in [-0.4, -0.2) is 17.7 Å². The second-order valence-electron chi connectivity index (χ2n) is 10.0. The van der Waals surface area contributed by atoms with Crippen molar-refractivity contribution in [3.63, 3.8) is 0 Å². The molecule has 1 unspecified atom stereocenters. The molecule has 3 amide bonds. The molecule has 0 saturated carbocycles. The van der Waals surface area contributed by atoms with E-state index in [0.717, 1.165) is 0 Å². The average molecular weight is 749 g/mol. The maximum atomic E-state index is 14.6. The molecule has 5 aromatic carbocycles. The second kappa shape index (κ2) is 15.9. The molecule has 5 rings (SSSR count). The van der Waals surface area contributed by atoms with Gasteiger partial charge in [0, 0.05) is 36.2 Å². The first-order chi connectivity index (χ1) is 22.7. The van der Waals surface area contributed by atoms with E-state index >= 15 is 0 Å². The van der Waals surface area contributed by atoms with Crippen LogP contribution in [0.15, 0.2) is 136 Å². The van der Waals surface area contributed by atoms with Crippen LogP contribution >= 0.6 is 50.9 Å². The van der Waals surface area contributed by atoms with Gasteiger partial charge in [0.15, 0.2) is 0 Å². The average Bonchev–Trinajstić information content (AvgIpc) is 3.07. The maximum absolute atomic E-state index is 14.6. The Morgan fingerprint density at radius 3 is 2.11 bits per heavy atom. The molecule has 5 aromatic rings. The van der Waals surface area contributed by atoms with E-state index in [1.165, 1.54) is 30.0 Å². The Hall–Kier alpha value is -4.41. The number of carbonyl (C=O) groups excluding carboxylic acids is 3. The van der Waals surface area contributed by atoms with Crippen molar-refractivity contribution in [3.05, 3.63) is 164 Å². The smallest absolute Gasteiger partial charge is 0.272 e. The van der Waals surface area contributed by atoms with E-state index in [4.69, 9.17) is 23.2 Å². The molecule has 0 fully saturated rings. The first kappa shape index (κ1) is 33.9. The topological polar surface area (TPSA) is 87.3 Å². The number of hydrogen-bond acceptors (Lipinski definition) is 4. The molecule has 0 saturated heterocycles. The lowest BCUT2D eigenvalue weighted by Gasteiger charge is -2.18. The van der Waals surface area contributed by atoms with Gasteiger partial charge in [-0.05, 0) is 72.3 Å². The molecule has 47 heavy (non-hydrogen) atoms. The van der Waals surface area contributed by atoms with Crippen molar-refractivity contribution in [2.45, 2.75) is 10.1 Å². The third-order valence-electron chi connectivity index (χ3n) is 6.69. The molecule has 3 N–H and O–H groups in total. The zero-order chi connectivity index (χ0) is 33.3. The van der Waals surface area contributed by atoms with Crippen LogP contribution in [0.3, 0.4) is 0 Å². The van der Waals surface area contributed by atoms with Crippen LogP contribution in [0.2, 0.25) is 10.0 Å². The van der Waals surface area contributed by atoms with Crippen LogP contribution in [0.1, 0.15) is 26.7 Å². The highest BCUT2D eigenvalue weighted by molar-refractivity contribution is 9.10. The number of carbonyl (C=O) groups is 3. The first-order valence-electron chi connectivity index (χ1n) is 14.1. The van der Waals surface area contributed by atoms with Crippen molar-refractivity contribution in [3.8, 4) is 0 Å². The molecule has 0 radical (unpaired) electrons. The molecule has 0 aliphatic rings. The summed E-state index contributed by atoms with van der Waals surface area (Å²) in [7, 11) is 0. The van der Waals surface area contributed by atoms with Crippen molar-refractivity contribution in [1.29, 1.82) is 0 Å². The van der Waals surface area contributed by atoms with Crippen LogP contribution in [0.5, 0.6) is 0 Å². The third kappa shape index (κ3) is 9.11. The fourth-order valence-corrected chi connectivity index (χ4v) is 6.33. The minimum absolute atomic E-state index is 0.0521. The van der Waals surface area contributed by atoms with Crippen molar-refractivity contribution in [1.82, 2.24) is 5.32 Å². The number of rotatable bonds is 10. The van der Waals surface area contributed by atoms with Crippen molar-refractivity contribution < 1.29 is 18.8 Å². The van der Waals surface area contributed by atoms with Gasteiger partial charge in [0.2, 0.25) is 5.91 Å². The van der Waals surface area contributed by atoms with Gasteiger partial charge in [-0.15, -0.1) is 11.8 Å². The van der Waals surface area contributed by atoms with Gasteiger partial charge < -0.3 is 16.0 Å². The molecule has 11 heteroatoms. The summed E-state index contributed by atoms with van der Waals surface area (Å²) in [5, 5.41) is 8.01. The standard InChI is InChI=1S/C36H25BrCl2FN3O3S/c37-24-17-18-31(30(40)19-24)42-36(46)33(22-9-3-1-4-10-22)47-26-14-7-13-25(20-26)41-35(45)32(21-27-28(38)15-8-16-29(27)39)43-34(44)23-11-5-2-6-12-23/h1-21,33H,(H,41,45)(H,42,46)(H,43,44)/b32-21+. The second-order valence-corrected chi connectivity index (χ2v) is 12.9. The van der Waals surface area contributed by atoms with Gasteiger partial charge in [-0.25, -0.2) is 4.39 Å². The third-order valence-corrected chi connectivity index (χ3v) is 9.09. The molecule has 1 atom stereocenters. The molecule has 0 aliphatic heterocycles. The number of hydrogen-bond donors (Lipinski definition) is 3. The Kier molecular flexibility index (Phi) is 11.5. The summed E-state index contributed by atoms with van der Waals surface area (Å²) in [5.74, 6) is -2.13. The highest BCUT2D eigenvalue weighted by Gasteiger charge is 2.24. The molecule has 0 bridgehead atoms. The summed E-state index contributed by atoms with van der Waals surface area (Å²) in [5.41, 5.74) is 1.77. The van der Waals surface area contributed by atoms with Gasteiger partial charge in [-0.1, -0.05) is 99.8 Å². The van der Waals surface area contributed by atoms with E-state index in [0.29, 0.717) is 41.8 Å². The normalized spacial score (nSPS) is 11.8. The summed E-state index contributed by atoms with van der Waals surface area (Å²) in [6, 6.07) is 33.8. The number of amides is 3. The summed E-state index contributed by atoms with van der Waals surface area (Å²) in [4.78, 5) is 40.8. The highest BCUT2D eigenvalue weighted by atomic mass is 79.9. The summed E-state index contributed by atoms with van der Waals surface area (Å²) in [6.07, 6.45) is 1.41. The molecule has 236 valence electrons. The van der Waals surface area contributed by atoms with Gasteiger partial charge in [0.1, 0.15) is 16.8 Å². The van der Waals surface area contributed by atoms with Crippen LogP contribution in [0.4, 0.5) is 15.8 Å². The lowest BCUT2D eigenvalue weighted by molar-refractivity contribution is -0.116. The highest BCUT2D eigenvalue weighted by Crippen LogP contribution is 2.37. The largest absolute Gasteiger partial charge is 0.322 e. The summed E-state index contributed by atoms with van der Waals surface area (Å²) < 4.78 is 15.1. The predicted molar refractivity (Wildman–Crippen MR) is 191 cm³/mol. The van der Waals surface area contributed by atoms with Crippen LogP contribution in [-0.2, 0) is 9.59 Å². The number of anilines is 2. The van der Waals surface area contributed by atoms with Gasteiger partial charge in [0.25, 0.3) is 11.8 Å². The number of thioether (sulfide) groups is 1. The SMILES string of the molecule is O=C(Nc1cccc(SC(C(=O)Nc2ccc(Br)cc2F)c2ccccc2)c1)/C(=C\c1c(Cl)cccc1Cl)NC(=O)c1ccccc1. The summed E-state index contributed by atoms with van der Waals surface area (Å²) >= 11 is 17.2. The molecule has 0 heterocycles. The fraction of sp³-hybridized carbons (Fsp3) is 0.0278. The first-order valence-corrected chi connectivity index (χ1v) is 16.5. The number of benzene rings is 5. The van der Waals surface area contributed by atoms with E-state index < -0.39 is 28.8 Å². The van der Waals surface area contributed by atoms with Crippen LogP contribution in [0, 0.1) is 5.82 Å². The Bertz CT molecular complexity index is 1940. The predicted octanol–water partition coefficient (Wildman–Crippen LogP) is 9.78. The molecular weight excluding hydrogens is 724 g/mol. The zero-order valence-electron chi connectivity index (χ0n) is 24.3. The van der Waals surface area contributed by atoms with E-state index in [1.807, 2.05) is 30.3 Å². The van der Waals surface area contributed by atoms with Gasteiger partial charge in [-0.3, -0.25) is 14.4 Å². The minimum Gasteiger partial charge on any atom is -0.322 e. The Balaban J connectivity index is 1.40. The van der Waals surface area contributed by atoms with Crippen molar-refractivity contribution in [2.24, 2.45) is 0 Å². The molecular formula is C36H25BrCl2FN3O3S. The Morgan fingerprint density at radius 2 is 1.43 bits per heavy atom. The fourth-order valence-electron chi connectivity index (χ4n) is 4.41. The van der Waals surface area contributed by atoms with E-state index in [9.17, 15) is 18.8 Å². The summed E-state index contributed by atoms with van der Waals surface area (Å²) in [6.45, 7) is 0. The van der Waals surface area contributed by atoms with Crippen LogP contribution < -0.4 is 16.0 Å². The number of halogens is 4.